The molecule has 2 fully saturated rings. The molecule has 2 heterocycles. The van der Waals surface area contributed by atoms with Crippen molar-refractivity contribution in [3.8, 4) is 0 Å². The lowest BCUT2D eigenvalue weighted by Gasteiger charge is -2.41. The van der Waals surface area contributed by atoms with Crippen LogP contribution >= 0.6 is 0 Å². The van der Waals surface area contributed by atoms with E-state index in [9.17, 15) is 13.2 Å². The van der Waals surface area contributed by atoms with Crippen LogP contribution in [0.2, 0.25) is 0 Å². The van der Waals surface area contributed by atoms with Crippen LogP contribution in [-0.2, 0) is 16.4 Å². The second-order valence-electron chi connectivity index (χ2n) is 8.83. The topological polar surface area (TPSA) is 57.7 Å². The second kappa shape index (κ2) is 7.73. The summed E-state index contributed by atoms with van der Waals surface area (Å²) in [4.78, 5) is 15.3. The van der Waals surface area contributed by atoms with E-state index in [1.165, 1.54) is 30.0 Å². The molecule has 158 valence electrons. The first-order valence-electron chi connectivity index (χ1n) is 11.0. The first-order valence-corrected chi connectivity index (χ1v) is 12.5. The molecule has 0 N–H and O–H groups in total. The molecule has 0 aromatic heterocycles. The zero-order chi connectivity index (χ0) is 20.7. The van der Waals surface area contributed by atoms with Gasteiger partial charge in [-0.2, -0.15) is 0 Å². The third kappa shape index (κ3) is 3.41. The van der Waals surface area contributed by atoms with Gasteiger partial charge in [0.25, 0.3) is 15.9 Å². The molecule has 1 aliphatic carbocycles. The van der Waals surface area contributed by atoms with Crippen LogP contribution in [0.3, 0.4) is 0 Å². The van der Waals surface area contributed by atoms with Gasteiger partial charge in [0.05, 0.1) is 10.6 Å². The number of anilines is 1. The number of hydrogen-bond donors (Lipinski definition) is 0. The molecule has 1 saturated heterocycles. The van der Waals surface area contributed by atoms with Crippen molar-refractivity contribution in [2.45, 2.75) is 43.4 Å². The van der Waals surface area contributed by atoms with Crippen molar-refractivity contribution >= 4 is 21.6 Å². The molecule has 1 saturated carbocycles. The monoisotopic (exact) mass is 424 g/mol. The van der Waals surface area contributed by atoms with E-state index >= 15 is 0 Å². The number of carbonyl (C=O) groups excluding carboxylic acids is 1. The molecule has 5 rings (SSSR count). The van der Waals surface area contributed by atoms with Gasteiger partial charge >= 0.3 is 0 Å². The van der Waals surface area contributed by atoms with Gasteiger partial charge < -0.3 is 4.90 Å². The number of piperidine rings is 1. The highest BCUT2D eigenvalue weighted by atomic mass is 32.2. The largest absolute Gasteiger partial charge is 0.338 e. The number of sulfonamides is 1. The standard InChI is InChI=1S/C24H28N2O3S/c27-24(25-14-12-18-6-1-2-8-21(18)17-25)20-9-5-10-22(16-20)30(28,29)26-15-13-19-7-3-4-11-23(19)26/h3-5,7,9-11,16,18,21H,1-2,6,8,12-15,17H2/t18-,21+/m0/s1. The van der Waals surface area contributed by atoms with Crippen LogP contribution in [0.15, 0.2) is 53.4 Å². The van der Waals surface area contributed by atoms with Crippen LogP contribution in [0.1, 0.15) is 48.0 Å². The van der Waals surface area contributed by atoms with Gasteiger partial charge in [0.15, 0.2) is 0 Å². The van der Waals surface area contributed by atoms with E-state index in [-0.39, 0.29) is 10.8 Å². The lowest BCUT2D eigenvalue weighted by Crippen LogP contribution is -2.44. The van der Waals surface area contributed by atoms with Gasteiger partial charge in [-0.3, -0.25) is 9.10 Å². The summed E-state index contributed by atoms with van der Waals surface area (Å²) in [5, 5.41) is 0. The number of nitrogens with zero attached hydrogens (tertiary/aromatic N) is 2. The minimum Gasteiger partial charge on any atom is -0.338 e. The van der Waals surface area contributed by atoms with Crippen LogP contribution in [0.25, 0.3) is 0 Å². The Hall–Kier alpha value is -2.34. The minimum atomic E-state index is -3.70. The number of hydrogen-bond acceptors (Lipinski definition) is 3. The Kier molecular flexibility index (Phi) is 5.05. The summed E-state index contributed by atoms with van der Waals surface area (Å²) in [6.07, 6.45) is 6.85. The Balaban J connectivity index is 1.38. The van der Waals surface area contributed by atoms with Crippen molar-refractivity contribution < 1.29 is 13.2 Å². The zero-order valence-corrected chi connectivity index (χ0v) is 18.0. The average molecular weight is 425 g/mol. The van der Waals surface area contributed by atoms with E-state index in [0.717, 1.165) is 36.7 Å². The van der Waals surface area contributed by atoms with Gasteiger partial charge in [-0.1, -0.05) is 43.5 Å². The van der Waals surface area contributed by atoms with Gasteiger partial charge in [0.2, 0.25) is 0 Å². The number of rotatable bonds is 3. The Bertz CT molecular complexity index is 1070. The summed E-state index contributed by atoms with van der Waals surface area (Å²) in [6.45, 7) is 2.02. The third-order valence-electron chi connectivity index (χ3n) is 7.09. The van der Waals surface area contributed by atoms with E-state index in [1.54, 1.807) is 24.3 Å². The fraction of sp³-hybridized carbons (Fsp3) is 0.458. The van der Waals surface area contributed by atoms with Crippen LogP contribution in [0.4, 0.5) is 5.69 Å². The lowest BCUT2D eigenvalue weighted by atomic mass is 9.75. The molecule has 3 aliphatic rings. The summed E-state index contributed by atoms with van der Waals surface area (Å²) in [7, 11) is -3.70. The maximum absolute atomic E-state index is 13.3. The number of para-hydroxylation sites is 1. The molecule has 0 radical (unpaired) electrons. The van der Waals surface area contributed by atoms with E-state index in [4.69, 9.17) is 0 Å². The zero-order valence-electron chi connectivity index (χ0n) is 17.2. The van der Waals surface area contributed by atoms with Crippen LogP contribution in [0.5, 0.6) is 0 Å². The van der Waals surface area contributed by atoms with Crippen molar-refractivity contribution in [2.75, 3.05) is 23.9 Å². The highest BCUT2D eigenvalue weighted by Gasteiger charge is 2.34. The van der Waals surface area contributed by atoms with E-state index in [2.05, 4.69) is 0 Å². The molecule has 0 unspecified atom stereocenters. The van der Waals surface area contributed by atoms with Gasteiger partial charge in [-0.15, -0.1) is 0 Å². The summed E-state index contributed by atoms with van der Waals surface area (Å²) in [5.74, 6) is 1.31. The van der Waals surface area contributed by atoms with Crippen LogP contribution in [-0.4, -0.2) is 38.9 Å². The first kappa shape index (κ1) is 19.6. The molecule has 5 nitrogen and oxygen atoms in total. The van der Waals surface area contributed by atoms with Crippen molar-refractivity contribution in [3.63, 3.8) is 0 Å². The maximum Gasteiger partial charge on any atom is 0.264 e. The van der Waals surface area contributed by atoms with Crippen molar-refractivity contribution in [2.24, 2.45) is 11.8 Å². The maximum atomic E-state index is 13.3. The molecule has 2 aromatic carbocycles. The summed E-state index contributed by atoms with van der Waals surface area (Å²) >= 11 is 0. The van der Waals surface area contributed by atoms with Gasteiger partial charge in [-0.05, 0) is 60.9 Å². The predicted molar refractivity (Wildman–Crippen MR) is 117 cm³/mol. The summed E-state index contributed by atoms with van der Waals surface area (Å²) < 4.78 is 28.1. The summed E-state index contributed by atoms with van der Waals surface area (Å²) in [5.41, 5.74) is 2.26. The molecule has 0 bridgehead atoms. The number of likely N-dealkylation sites (tertiary alicyclic amines) is 1. The van der Waals surface area contributed by atoms with E-state index < -0.39 is 10.0 Å². The van der Waals surface area contributed by atoms with Crippen molar-refractivity contribution in [1.82, 2.24) is 4.90 Å². The molecule has 2 atom stereocenters. The van der Waals surface area contributed by atoms with Crippen molar-refractivity contribution in [1.29, 1.82) is 0 Å². The molecule has 0 spiro atoms. The number of amides is 1. The predicted octanol–water partition coefficient (Wildman–Crippen LogP) is 4.09. The Morgan fingerprint density at radius 3 is 2.57 bits per heavy atom. The fourth-order valence-electron chi connectivity index (χ4n) is 5.44. The highest BCUT2D eigenvalue weighted by Crippen LogP contribution is 2.37. The fourth-order valence-corrected chi connectivity index (χ4v) is 6.99. The SMILES string of the molecule is O=C(c1cccc(S(=O)(=O)N2CCc3ccccc32)c1)N1CC[C@@H]2CCCC[C@@H]2C1. The number of fused-ring (bicyclic) bond motifs is 2. The molecule has 2 aromatic rings. The molecule has 6 heteroatoms. The third-order valence-corrected chi connectivity index (χ3v) is 8.90. The second-order valence-corrected chi connectivity index (χ2v) is 10.7. The number of carbonyl (C=O) groups is 1. The van der Waals surface area contributed by atoms with E-state index in [1.807, 2.05) is 29.2 Å². The highest BCUT2D eigenvalue weighted by molar-refractivity contribution is 7.92. The molecule has 30 heavy (non-hydrogen) atoms. The summed E-state index contributed by atoms with van der Waals surface area (Å²) in [6, 6.07) is 14.2. The van der Waals surface area contributed by atoms with Gasteiger partial charge in [0, 0.05) is 25.2 Å². The van der Waals surface area contributed by atoms with Gasteiger partial charge in [0.1, 0.15) is 0 Å². The molecule has 1 amide bonds. The van der Waals surface area contributed by atoms with Crippen LogP contribution < -0.4 is 4.31 Å². The van der Waals surface area contributed by atoms with Crippen molar-refractivity contribution in [3.05, 3.63) is 59.7 Å². The Morgan fingerprint density at radius 1 is 0.900 bits per heavy atom. The molecular weight excluding hydrogens is 396 g/mol. The van der Waals surface area contributed by atoms with Crippen LogP contribution in [0, 0.1) is 11.8 Å². The lowest BCUT2D eigenvalue weighted by molar-refractivity contribution is 0.0520. The Morgan fingerprint density at radius 2 is 1.70 bits per heavy atom. The minimum absolute atomic E-state index is 0.0436. The van der Waals surface area contributed by atoms with Gasteiger partial charge in [-0.25, -0.2) is 8.42 Å². The molecular formula is C24H28N2O3S. The first-order chi connectivity index (χ1) is 14.5. The normalized spacial score (nSPS) is 23.7. The smallest absolute Gasteiger partial charge is 0.264 e. The average Bonchev–Trinajstić information content (AvgIpc) is 3.23. The molecule has 2 aliphatic heterocycles. The Labute approximate surface area is 178 Å². The number of benzene rings is 2. The van der Waals surface area contributed by atoms with E-state index in [0.29, 0.717) is 24.4 Å². The quantitative estimate of drug-likeness (QED) is 0.746.